The molecule has 0 bridgehead atoms. The van der Waals surface area contributed by atoms with Crippen molar-refractivity contribution in [3.8, 4) is 0 Å². The van der Waals surface area contributed by atoms with Gasteiger partial charge in [0.1, 0.15) is 0 Å². The molecule has 0 aromatic rings. The van der Waals surface area contributed by atoms with Crippen LogP contribution < -0.4 is 0 Å². The Labute approximate surface area is 74.3 Å². The third-order valence-electron chi connectivity index (χ3n) is 1.53. The molecule has 1 aliphatic carbocycles. The molecule has 0 nitrogen and oxygen atoms in total. The van der Waals surface area contributed by atoms with Gasteiger partial charge in [-0.15, -0.1) is 0 Å². The van der Waals surface area contributed by atoms with E-state index in [9.17, 15) is 0 Å². The first kappa shape index (κ1) is 8.79. The average Bonchev–Trinajstić information content (AvgIpc) is 2.05. The molecule has 12 heavy (non-hydrogen) atoms. The largest absolute Gasteiger partial charge is 0.0808 e. The van der Waals surface area contributed by atoms with Gasteiger partial charge in [-0.25, -0.2) is 0 Å². The van der Waals surface area contributed by atoms with Crippen molar-refractivity contribution < 1.29 is 0 Å². The molecule has 0 saturated carbocycles. The first-order valence-corrected chi connectivity index (χ1v) is 4.30. The van der Waals surface area contributed by atoms with Crippen molar-refractivity contribution in [1.29, 1.82) is 0 Å². The fraction of sp³-hybridized carbons (Fsp3) is 0.167. The molecule has 0 unspecified atom stereocenters. The monoisotopic (exact) mass is 158 g/mol. The minimum Gasteiger partial charge on any atom is -0.0808 e. The van der Waals surface area contributed by atoms with Crippen molar-refractivity contribution in [3.05, 3.63) is 60.8 Å². The minimum absolute atomic E-state index is 1.01. The van der Waals surface area contributed by atoms with Crippen LogP contribution in [0.1, 0.15) is 12.8 Å². The zero-order valence-electron chi connectivity index (χ0n) is 7.19. The van der Waals surface area contributed by atoms with Gasteiger partial charge in [-0.3, -0.25) is 0 Å². The first-order valence-electron chi connectivity index (χ1n) is 4.30. The van der Waals surface area contributed by atoms with Crippen LogP contribution in [0.5, 0.6) is 0 Å². The van der Waals surface area contributed by atoms with Crippen molar-refractivity contribution in [2.75, 3.05) is 0 Å². The summed E-state index contributed by atoms with van der Waals surface area (Å²) in [4.78, 5) is 0. The van der Waals surface area contributed by atoms with E-state index >= 15 is 0 Å². The maximum Gasteiger partial charge on any atom is -0.0163 e. The Hall–Kier alpha value is -1.30. The molecule has 0 aromatic carbocycles. The highest BCUT2D eigenvalue weighted by molar-refractivity contribution is 5.15. The normalized spacial score (nSPS) is 28.0. The highest BCUT2D eigenvalue weighted by Crippen LogP contribution is 1.93. The topological polar surface area (TPSA) is 0 Å². The lowest BCUT2D eigenvalue weighted by Crippen LogP contribution is -1.61. The molecule has 0 heterocycles. The van der Waals surface area contributed by atoms with Gasteiger partial charge in [0, 0.05) is 0 Å². The molecule has 0 saturated heterocycles. The molecule has 0 amide bonds. The molecule has 1 aliphatic rings. The summed E-state index contributed by atoms with van der Waals surface area (Å²) in [6.07, 6.45) is 23.0. The highest BCUT2D eigenvalue weighted by atomic mass is 13.8. The Kier molecular flexibility index (Phi) is 4.70. The van der Waals surface area contributed by atoms with E-state index in [1.165, 1.54) is 0 Å². The second kappa shape index (κ2) is 6.41. The third-order valence-corrected chi connectivity index (χ3v) is 1.53. The molecule has 0 fully saturated rings. The van der Waals surface area contributed by atoms with Crippen LogP contribution in [0, 0.1) is 0 Å². The van der Waals surface area contributed by atoms with Gasteiger partial charge < -0.3 is 0 Å². The van der Waals surface area contributed by atoms with Crippen LogP contribution in [0.2, 0.25) is 0 Å². The Morgan fingerprint density at radius 1 is 0.417 bits per heavy atom. The third kappa shape index (κ3) is 4.51. The molecular formula is C12H14. The van der Waals surface area contributed by atoms with E-state index in [1.807, 2.05) is 0 Å². The number of rotatable bonds is 0. The molecule has 0 N–H and O–H groups in total. The lowest BCUT2D eigenvalue weighted by molar-refractivity contribution is 1.37. The molecule has 0 aliphatic heterocycles. The minimum atomic E-state index is 1.01. The standard InChI is InChI=1S/C12H14/c1-2-4-6-8-10-12-11-9-7-5-3-1/h1-6,9-12H,7-8H2/b2-1-,5-3+,6-4?,11-9+,12-10-. The fourth-order valence-electron chi connectivity index (χ4n) is 0.914. The predicted octanol–water partition coefficient (Wildman–Crippen LogP) is 3.56. The number of hydrogen-bond donors (Lipinski definition) is 0. The van der Waals surface area contributed by atoms with Gasteiger partial charge in [-0.2, -0.15) is 0 Å². The van der Waals surface area contributed by atoms with Crippen molar-refractivity contribution in [2.45, 2.75) is 12.8 Å². The lowest BCUT2D eigenvalue weighted by atomic mass is 10.2. The zero-order valence-corrected chi connectivity index (χ0v) is 7.19. The van der Waals surface area contributed by atoms with Crippen molar-refractivity contribution >= 4 is 0 Å². The molecule has 0 heteroatoms. The molecule has 0 spiro atoms. The van der Waals surface area contributed by atoms with Gasteiger partial charge in [0.25, 0.3) is 0 Å². The fourth-order valence-corrected chi connectivity index (χ4v) is 0.914. The number of allylic oxidation sites excluding steroid dienone is 10. The predicted molar refractivity (Wildman–Crippen MR) is 54.9 cm³/mol. The average molecular weight is 158 g/mol. The van der Waals surface area contributed by atoms with Crippen LogP contribution in [0.25, 0.3) is 0 Å². The van der Waals surface area contributed by atoms with Gasteiger partial charge in [-0.05, 0) is 12.8 Å². The summed E-state index contributed by atoms with van der Waals surface area (Å²) in [6, 6.07) is 0. The second-order valence-electron chi connectivity index (χ2n) is 2.57. The van der Waals surface area contributed by atoms with Crippen LogP contribution in [-0.4, -0.2) is 0 Å². The molecule has 0 radical (unpaired) electrons. The van der Waals surface area contributed by atoms with Crippen molar-refractivity contribution in [3.63, 3.8) is 0 Å². The van der Waals surface area contributed by atoms with Crippen molar-refractivity contribution in [2.24, 2.45) is 0 Å². The van der Waals surface area contributed by atoms with Crippen LogP contribution in [0.4, 0.5) is 0 Å². The molecular weight excluding hydrogens is 144 g/mol. The quantitative estimate of drug-likeness (QED) is 0.505. The van der Waals surface area contributed by atoms with E-state index in [0.717, 1.165) is 12.8 Å². The summed E-state index contributed by atoms with van der Waals surface area (Å²) >= 11 is 0. The van der Waals surface area contributed by atoms with Crippen molar-refractivity contribution in [1.82, 2.24) is 0 Å². The van der Waals surface area contributed by atoms with Gasteiger partial charge in [-0.1, -0.05) is 60.8 Å². The van der Waals surface area contributed by atoms with E-state index in [-0.39, 0.29) is 0 Å². The molecule has 1 rings (SSSR count). The van der Waals surface area contributed by atoms with Gasteiger partial charge >= 0.3 is 0 Å². The van der Waals surface area contributed by atoms with Crippen LogP contribution in [0.15, 0.2) is 60.8 Å². The Morgan fingerprint density at radius 2 is 0.750 bits per heavy atom. The zero-order chi connectivity index (χ0) is 8.49. The van der Waals surface area contributed by atoms with Gasteiger partial charge in [0.2, 0.25) is 0 Å². The SMILES string of the molecule is C1=CC/C=C\C=C\C/C=C/C=C\1. The Bertz CT molecular complexity index is 211. The van der Waals surface area contributed by atoms with Gasteiger partial charge in [0.15, 0.2) is 0 Å². The van der Waals surface area contributed by atoms with Crippen LogP contribution in [-0.2, 0) is 0 Å². The molecule has 0 aromatic heterocycles. The smallest absolute Gasteiger partial charge is 0.0163 e. The van der Waals surface area contributed by atoms with E-state index < -0.39 is 0 Å². The Morgan fingerprint density at radius 3 is 1.17 bits per heavy atom. The maximum absolute atomic E-state index is 2.14. The summed E-state index contributed by atoms with van der Waals surface area (Å²) in [6.45, 7) is 0. The summed E-state index contributed by atoms with van der Waals surface area (Å²) in [5.41, 5.74) is 0. The second-order valence-corrected chi connectivity index (χ2v) is 2.57. The van der Waals surface area contributed by atoms with E-state index in [2.05, 4.69) is 60.8 Å². The van der Waals surface area contributed by atoms with Crippen LogP contribution >= 0.6 is 0 Å². The van der Waals surface area contributed by atoms with E-state index in [1.54, 1.807) is 0 Å². The summed E-state index contributed by atoms with van der Waals surface area (Å²) in [7, 11) is 0. The summed E-state index contributed by atoms with van der Waals surface area (Å²) in [5.74, 6) is 0. The Balaban J connectivity index is 2.55. The van der Waals surface area contributed by atoms with E-state index in [4.69, 9.17) is 0 Å². The van der Waals surface area contributed by atoms with E-state index in [0.29, 0.717) is 0 Å². The van der Waals surface area contributed by atoms with Crippen LogP contribution in [0.3, 0.4) is 0 Å². The first-order chi connectivity index (χ1) is 6.00. The molecule has 0 atom stereocenters. The highest BCUT2D eigenvalue weighted by Gasteiger charge is 1.71. The summed E-state index contributed by atoms with van der Waals surface area (Å²) < 4.78 is 0. The maximum atomic E-state index is 2.14. The molecule has 62 valence electrons. The van der Waals surface area contributed by atoms with Gasteiger partial charge in [0.05, 0.1) is 0 Å². The number of hydrogen-bond acceptors (Lipinski definition) is 0. The lowest BCUT2D eigenvalue weighted by Gasteiger charge is -1.82. The summed E-state index contributed by atoms with van der Waals surface area (Å²) in [5, 5.41) is 0.